The SMILES string of the molecule is C=CCN1CCCC1CCC1OC(CO)C(O)C(O)C1F.CN(C)c1ccc(/C=C/c2ccc(CCC(F)C(O)C(O)C(O)CO)cc2)cc1.CNc1ccc(N=Nc2ccc(N(C)CC(F)C(O)C(O)C(O)CO)cc2)cc1.Cc1ccc2nc(-c3ccc(NCC(F)C(O)C(O)C(O)CO)cc3)sc2c1.OCC1OC(Cc2ccc(-c3nc4ccc(O)cc4s3)cc2)C(F)C(O)C1O.[B]. The molecular weight excluding hydrogens is 1810 g/mol. The fourth-order valence-electron chi connectivity index (χ4n) is 15.0. The molecule has 3 radical (unpaired) electrons. The molecule has 3 aliphatic heterocycles. The largest absolute Gasteiger partial charge is 0.508 e. The Bertz CT molecular complexity index is 5210. The summed E-state index contributed by atoms with van der Waals surface area (Å²) in [7, 11) is 7.47. The summed E-state index contributed by atoms with van der Waals surface area (Å²) in [6, 6.07) is 56.5. The van der Waals surface area contributed by atoms with E-state index in [4.69, 9.17) is 29.9 Å². The third-order valence-corrected chi connectivity index (χ3v) is 25.5. The van der Waals surface area contributed by atoms with Gasteiger partial charge in [0.25, 0.3) is 0 Å². The van der Waals surface area contributed by atoms with E-state index < -0.39 is 168 Å². The second-order valence-corrected chi connectivity index (χ2v) is 35.6. The summed E-state index contributed by atoms with van der Waals surface area (Å²) < 4.78 is 83.6. The molecule has 3 aliphatic rings. The van der Waals surface area contributed by atoms with Crippen molar-refractivity contribution in [3.63, 3.8) is 0 Å². The van der Waals surface area contributed by atoms with Crippen LogP contribution in [0.2, 0.25) is 0 Å². The predicted octanol–water partition coefficient (Wildman–Crippen LogP) is 8.25. The third-order valence-electron chi connectivity index (χ3n) is 23.4. The lowest BCUT2D eigenvalue weighted by atomic mass is 9.92. The number of rotatable bonds is 38. The standard InChI is InChI=1S/C23H30FNO4.C20H27FN4O4.C20H23FN2O4S.C20H20FNO5S.C15H26FNO4.B/c1-25(2)19-12-9-18(10-13-19)8-5-16-3-6-17(7-4-16)11-14-20(24)22(28)23(29)21(27)15-26;1-22-13-3-5-14(6-4-13)23-24-15-7-9-16(10-8-15)25(2)11-17(21)19(28)20(29)18(27)12-26;1-11-2-7-15-17(8-11)28-20(23-15)12-3-5-13(6-4-12)22-9-14(21)18(26)19(27)16(25)10-24;21-17-14(27-15(9-23)18(25)19(17)26)7-10-1-3-11(4-2-10)20-22-13-6-5-12(24)8-16(13)28-20;1-2-7-17-8-3-4-10(17)5-6-11-13(16)15(20)14(19)12(9-18)21-11;/h3-10,12-13,20-23,26-29H,11,14-15H2,1-2H3;3-10,17-20,22,26-29H,11-12H2,1-2H3;2-8,14,16,18-19,22,24-27H,9-10H2,1H3;1-6,8,14-15,17-19,23-26H,7,9H2;2,10-15,18-20H,1,3-9H2;/b8-5+;;;;;. The molecule has 38 heteroatoms. The number of nitrogens with zero attached hydrogens (tertiary/aromatic N) is 7. The number of halogens is 5. The maximum absolute atomic E-state index is 14.3. The highest BCUT2D eigenvalue weighted by Gasteiger charge is 2.46. The van der Waals surface area contributed by atoms with Crippen LogP contribution in [-0.4, -0.2) is 348 Å². The molecule has 23 atom stereocenters. The Labute approximate surface area is 796 Å². The molecule has 0 bridgehead atoms. The summed E-state index contributed by atoms with van der Waals surface area (Å²) in [6.07, 6.45) is -23.7. The van der Waals surface area contributed by atoms with Gasteiger partial charge in [0, 0.05) is 96.0 Å². The zero-order valence-electron chi connectivity index (χ0n) is 76.1. The Balaban J connectivity index is 0.000000209. The first-order valence-electron chi connectivity index (χ1n) is 44.3. The van der Waals surface area contributed by atoms with Crippen LogP contribution in [0.5, 0.6) is 5.75 Å². The molecule has 5 heterocycles. The average Bonchev–Trinajstić information content (AvgIpc) is 1.52. The molecule has 0 saturated carbocycles. The van der Waals surface area contributed by atoms with Crippen LogP contribution in [0.3, 0.4) is 0 Å². The van der Waals surface area contributed by atoms with Crippen molar-refractivity contribution in [2.24, 2.45) is 10.2 Å². The number of phenolic OH excluding ortho intramolecular Hbond substituents is 1. The van der Waals surface area contributed by atoms with E-state index in [0.717, 1.165) is 108 Å². The van der Waals surface area contributed by atoms with Crippen molar-refractivity contribution in [3.05, 3.63) is 222 Å². The molecule has 0 aliphatic carbocycles. The number of nitrogens with one attached hydrogen (secondary N) is 2. The number of fused-ring (bicyclic) bond motifs is 2. The number of aryl methyl sites for hydroxylation is 2. The number of ether oxygens (including phenoxy) is 2. The Morgan fingerprint density at radius 1 is 0.529 bits per heavy atom. The number of anilines is 4. The zero-order valence-corrected chi connectivity index (χ0v) is 77.7. The molecule has 2 aromatic heterocycles. The van der Waals surface area contributed by atoms with Gasteiger partial charge in [-0.25, -0.2) is 31.9 Å². The molecule has 136 heavy (non-hydrogen) atoms. The minimum Gasteiger partial charge on any atom is -0.508 e. The van der Waals surface area contributed by atoms with Crippen LogP contribution in [0.1, 0.15) is 59.9 Å². The van der Waals surface area contributed by atoms with Crippen molar-refractivity contribution in [1.82, 2.24) is 14.9 Å². The number of aromatic nitrogens is 2. The summed E-state index contributed by atoms with van der Waals surface area (Å²) in [5.74, 6) is 0.194. The van der Waals surface area contributed by atoms with Gasteiger partial charge < -0.3 is 127 Å². The molecular formula is C98H126BF5N9O21S2. The number of azo groups is 1. The van der Waals surface area contributed by atoms with Crippen LogP contribution >= 0.6 is 22.7 Å². The number of phenols is 1. The molecule has 3 fully saturated rings. The number of benzene rings is 8. The molecule has 23 unspecified atom stereocenters. The first-order chi connectivity index (χ1) is 64.6. The van der Waals surface area contributed by atoms with Crippen molar-refractivity contribution < 1.29 is 128 Å². The van der Waals surface area contributed by atoms with Crippen LogP contribution in [0, 0.1) is 6.92 Å². The van der Waals surface area contributed by atoms with Gasteiger partial charge in [0.15, 0.2) is 12.3 Å². The summed E-state index contributed by atoms with van der Waals surface area (Å²) in [4.78, 5) is 15.1. The molecule has 10 aromatic rings. The van der Waals surface area contributed by atoms with Gasteiger partial charge in [-0.15, -0.1) is 29.3 Å². The number of hydrogen-bond donors (Lipinski definition) is 21. The highest BCUT2D eigenvalue weighted by Crippen LogP contribution is 2.37. The average molecular weight is 1940 g/mol. The fraction of sp³-hybridized carbons (Fsp3) is 0.449. The topological polar surface area (TPSA) is 487 Å². The molecule has 30 nitrogen and oxygen atoms in total. The lowest BCUT2D eigenvalue weighted by molar-refractivity contribution is -0.213. The Morgan fingerprint density at radius 3 is 1.49 bits per heavy atom. The molecule has 8 aromatic carbocycles. The van der Waals surface area contributed by atoms with E-state index in [-0.39, 0.29) is 40.1 Å². The van der Waals surface area contributed by atoms with Crippen molar-refractivity contribution >= 4 is 97.8 Å². The van der Waals surface area contributed by atoms with E-state index in [0.29, 0.717) is 41.6 Å². The van der Waals surface area contributed by atoms with E-state index >= 15 is 0 Å². The van der Waals surface area contributed by atoms with Gasteiger partial charge in [0.2, 0.25) is 0 Å². The van der Waals surface area contributed by atoms with E-state index in [1.165, 1.54) is 16.9 Å². The van der Waals surface area contributed by atoms with E-state index in [2.05, 4.69) is 72.6 Å². The first-order valence-corrected chi connectivity index (χ1v) is 45.9. The Hall–Kier alpha value is -9.51. The number of aliphatic hydroxyl groups is 18. The highest BCUT2D eigenvalue weighted by atomic mass is 32.1. The molecule has 13 rings (SSSR count). The number of likely N-dealkylation sites (tertiary alicyclic amines) is 1. The summed E-state index contributed by atoms with van der Waals surface area (Å²) >= 11 is 3.07. The zero-order chi connectivity index (χ0) is 98.3. The summed E-state index contributed by atoms with van der Waals surface area (Å²) in [5, 5.41) is 195. The second-order valence-electron chi connectivity index (χ2n) is 33.6. The lowest BCUT2D eigenvalue weighted by Crippen LogP contribution is -2.57. The van der Waals surface area contributed by atoms with Gasteiger partial charge in [-0.2, -0.15) is 10.2 Å². The van der Waals surface area contributed by atoms with Crippen molar-refractivity contribution in [2.75, 3.05) is 108 Å². The van der Waals surface area contributed by atoms with E-state index in [1.54, 1.807) is 77.9 Å². The third kappa shape index (κ3) is 32.3. The van der Waals surface area contributed by atoms with Crippen molar-refractivity contribution in [2.45, 2.75) is 193 Å². The van der Waals surface area contributed by atoms with Crippen molar-refractivity contribution in [1.29, 1.82) is 0 Å². The molecule has 21 N–H and O–H groups in total. The normalized spacial score (nSPS) is 22.1. The van der Waals surface area contributed by atoms with Gasteiger partial charge in [-0.05, 0) is 195 Å². The number of alkyl halides is 5. The quantitative estimate of drug-likeness (QED) is 0.00569. The highest BCUT2D eigenvalue weighted by molar-refractivity contribution is 7.22. The van der Waals surface area contributed by atoms with Crippen LogP contribution in [0.4, 0.5) is 56.1 Å². The van der Waals surface area contributed by atoms with Gasteiger partial charge in [-0.3, -0.25) is 4.90 Å². The number of hydrogen-bond acceptors (Lipinski definition) is 32. The first kappa shape index (κ1) is 112. The van der Waals surface area contributed by atoms with Gasteiger partial charge in [0.1, 0.15) is 126 Å². The number of thiazole rings is 2. The maximum Gasteiger partial charge on any atom is 0.155 e. The van der Waals surface area contributed by atoms with Gasteiger partial charge >= 0.3 is 0 Å². The van der Waals surface area contributed by atoms with Gasteiger partial charge in [-0.1, -0.05) is 85.0 Å². The van der Waals surface area contributed by atoms with Crippen LogP contribution in [-0.2, 0) is 22.3 Å². The number of aliphatic hydroxyl groups excluding tert-OH is 18. The summed E-state index contributed by atoms with van der Waals surface area (Å²) in [6.45, 7) is 4.00. The van der Waals surface area contributed by atoms with Crippen molar-refractivity contribution in [3.8, 4) is 26.9 Å². The minimum atomic E-state index is -1.82. The monoisotopic (exact) mass is 1930 g/mol. The predicted molar refractivity (Wildman–Crippen MR) is 518 cm³/mol. The minimum absolute atomic E-state index is 0. The molecule has 3 saturated heterocycles. The second kappa shape index (κ2) is 55.3. The lowest BCUT2D eigenvalue weighted by Gasteiger charge is -2.39. The molecule has 0 spiro atoms. The van der Waals surface area contributed by atoms with Crippen LogP contribution in [0.25, 0.3) is 53.7 Å². The Kier molecular flexibility index (Phi) is 45.5. The van der Waals surface area contributed by atoms with Crippen LogP contribution < -0.4 is 20.4 Å². The van der Waals surface area contributed by atoms with Crippen LogP contribution in [0.15, 0.2) is 205 Å². The van der Waals surface area contributed by atoms with E-state index in [9.17, 15) is 98.5 Å². The molecule has 0 amide bonds. The fourth-order valence-corrected chi connectivity index (χ4v) is 17.1. The maximum atomic E-state index is 14.3. The Morgan fingerprint density at radius 2 is 0.985 bits per heavy atom. The number of aromatic hydroxyl groups is 1. The smallest absolute Gasteiger partial charge is 0.155 e. The summed E-state index contributed by atoms with van der Waals surface area (Å²) in [5.41, 5.74) is 13.4. The van der Waals surface area contributed by atoms with E-state index in [1.807, 2.05) is 148 Å². The van der Waals surface area contributed by atoms with Gasteiger partial charge in [0.05, 0.1) is 83.6 Å². The molecule has 739 valence electrons.